The van der Waals surface area contributed by atoms with Gasteiger partial charge < -0.3 is 9.84 Å². The molecule has 0 aromatic heterocycles. The van der Waals surface area contributed by atoms with Gasteiger partial charge in [-0.25, -0.2) is 0 Å². The molecule has 1 rings (SSSR count). The Morgan fingerprint density at radius 1 is 1.46 bits per heavy atom. The van der Waals surface area contributed by atoms with E-state index in [1.54, 1.807) is 31.2 Å². The molecule has 1 aromatic carbocycles. The minimum Gasteiger partial charge on any atom is -0.488 e. The second-order valence-electron chi connectivity index (χ2n) is 2.80. The Balaban J connectivity index is 2.63. The van der Waals surface area contributed by atoms with Crippen LogP contribution < -0.4 is 4.74 Å². The summed E-state index contributed by atoms with van der Waals surface area (Å²) in [7, 11) is 0. The molecule has 0 aliphatic rings. The zero-order valence-electron chi connectivity index (χ0n) is 7.43. The molecule has 1 N–H and O–H groups in total. The lowest BCUT2D eigenvalue weighted by Gasteiger charge is -2.11. The van der Waals surface area contributed by atoms with E-state index in [-0.39, 0.29) is 12.7 Å². The average Bonchev–Trinajstić information content (AvgIpc) is 2.19. The Labute approximate surface area is 77.0 Å². The third-order valence-electron chi connectivity index (χ3n) is 1.61. The van der Waals surface area contributed by atoms with Gasteiger partial charge in [-0.2, -0.15) is 0 Å². The molecule has 70 valence electrons. The summed E-state index contributed by atoms with van der Waals surface area (Å²) in [5.74, 6) is 0.659. The Hall–Kier alpha value is -1.35. The Bertz CT molecular complexity index is 266. The summed E-state index contributed by atoms with van der Waals surface area (Å²) in [6, 6.07) is 6.75. The van der Waals surface area contributed by atoms with Gasteiger partial charge in [0.2, 0.25) is 0 Å². The maximum atomic E-state index is 10.3. The van der Waals surface area contributed by atoms with Crippen LogP contribution in [0.4, 0.5) is 0 Å². The van der Waals surface area contributed by atoms with Crippen molar-refractivity contribution in [1.82, 2.24) is 0 Å². The SMILES string of the molecule is C[C@@H](CO)Oc1ccc(C=O)cc1. The van der Waals surface area contributed by atoms with E-state index >= 15 is 0 Å². The number of benzene rings is 1. The predicted octanol–water partition coefficient (Wildman–Crippen LogP) is 1.26. The molecule has 0 heterocycles. The average molecular weight is 180 g/mol. The fourth-order valence-corrected chi connectivity index (χ4v) is 0.895. The molecule has 0 aliphatic heterocycles. The van der Waals surface area contributed by atoms with Crippen LogP contribution in [0.3, 0.4) is 0 Å². The number of aldehydes is 1. The van der Waals surface area contributed by atoms with Gasteiger partial charge >= 0.3 is 0 Å². The van der Waals surface area contributed by atoms with Crippen molar-refractivity contribution in [2.75, 3.05) is 6.61 Å². The highest BCUT2D eigenvalue weighted by atomic mass is 16.5. The van der Waals surface area contributed by atoms with Gasteiger partial charge in [0.05, 0.1) is 6.61 Å². The summed E-state index contributed by atoms with van der Waals surface area (Å²) in [4.78, 5) is 10.3. The van der Waals surface area contributed by atoms with Gasteiger partial charge in [0.25, 0.3) is 0 Å². The van der Waals surface area contributed by atoms with Crippen molar-refractivity contribution in [2.45, 2.75) is 13.0 Å². The first-order chi connectivity index (χ1) is 6.26. The minimum atomic E-state index is -0.220. The predicted molar refractivity (Wildman–Crippen MR) is 49.0 cm³/mol. The van der Waals surface area contributed by atoms with Crippen LogP contribution >= 0.6 is 0 Å². The van der Waals surface area contributed by atoms with Crippen molar-refractivity contribution in [1.29, 1.82) is 0 Å². The van der Waals surface area contributed by atoms with Crippen molar-refractivity contribution in [3.05, 3.63) is 29.8 Å². The molecule has 13 heavy (non-hydrogen) atoms. The lowest BCUT2D eigenvalue weighted by atomic mass is 10.2. The summed E-state index contributed by atoms with van der Waals surface area (Å²) in [6.07, 6.45) is 0.557. The van der Waals surface area contributed by atoms with E-state index < -0.39 is 0 Å². The van der Waals surface area contributed by atoms with Gasteiger partial charge in [-0.3, -0.25) is 4.79 Å². The number of hydrogen-bond donors (Lipinski definition) is 1. The standard InChI is InChI=1S/C10H12O3/c1-8(6-11)13-10-4-2-9(7-12)3-5-10/h2-5,7-8,11H,6H2,1H3/t8-/m0/s1. The fourth-order valence-electron chi connectivity index (χ4n) is 0.895. The Morgan fingerprint density at radius 2 is 2.08 bits per heavy atom. The van der Waals surface area contributed by atoms with E-state index in [0.717, 1.165) is 6.29 Å². The number of hydrogen-bond acceptors (Lipinski definition) is 3. The van der Waals surface area contributed by atoms with E-state index in [1.807, 2.05) is 0 Å². The molecule has 0 unspecified atom stereocenters. The van der Waals surface area contributed by atoms with E-state index in [2.05, 4.69) is 0 Å². The van der Waals surface area contributed by atoms with Crippen LogP contribution in [0.5, 0.6) is 5.75 Å². The topological polar surface area (TPSA) is 46.5 Å². The summed E-state index contributed by atoms with van der Waals surface area (Å²) >= 11 is 0. The van der Waals surface area contributed by atoms with Crippen molar-refractivity contribution in [3.63, 3.8) is 0 Å². The lowest BCUT2D eigenvalue weighted by Crippen LogP contribution is -2.16. The highest BCUT2D eigenvalue weighted by Gasteiger charge is 2.00. The molecule has 0 spiro atoms. The van der Waals surface area contributed by atoms with Crippen molar-refractivity contribution in [2.24, 2.45) is 0 Å². The number of carbonyl (C=O) groups is 1. The van der Waals surface area contributed by atoms with Crippen LogP contribution in [-0.4, -0.2) is 24.1 Å². The molecule has 0 bridgehead atoms. The lowest BCUT2D eigenvalue weighted by molar-refractivity contribution is 0.112. The zero-order chi connectivity index (χ0) is 9.68. The number of aliphatic hydroxyl groups is 1. The van der Waals surface area contributed by atoms with E-state index in [4.69, 9.17) is 9.84 Å². The first-order valence-corrected chi connectivity index (χ1v) is 4.09. The third kappa shape index (κ3) is 2.87. The molecule has 0 saturated heterocycles. The summed E-state index contributed by atoms with van der Waals surface area (Å²) < 4.78 is 5.30. The second kappa shape index (κ2) is 4.62. The van der Waals surface area contributed by atoms with Gasteiger partial charge in [-0.15, -0.1) is 0 Å². The second-order valence-corrected chi connectivity index (χ2v) is 2.80. The van der Waals surface area contributed by atoms with Crippen molar-refractivity contribution >= 4 is 6.29 Å². The van der Waals surface area contributed by atoms with Crippen LogP contribution in [0.15, 0.2) is 24.3 Å². The monoisotopic (exact) mass is 180 g/mol. The molecule has 0 fully saturated rings. The largest absolute Gasteiger partial charge is 0.488 e. The molecule has 0 amide bonds. The van der Waals surface area contributed by atoms with Crippen LogP contribution in [-0.2, 0) is 0 Å². The molecule has 1 aromatic rings. The molecular formula is C10H12O3. The smallest absolute Gasteiger partial charge is 0.150 e. The van der Waals surface area contributed by atoms with Gasteiger partial charge in [0, 0.05) is 5.56 Å². The molecule has 0 radical (unpaired) electrons. The molecule has 3 nitrogen and oxygen atoms in total. The maximum absolute atomic E-state index is 10.3. The van der Waals surface area contributed by atoms with Gasteiger partial charge in [0.1, 0.15) is 18.1 Å². The van der Waals surface area contributed by atoms with Crippen LogP contribution in [0.2, 0.25) is 0 Å². The van der Waals surface area contributed by atoms with Crippen LogP contribution in [0.25, 0.3) is 0 Å². The van der Waals surface area contributed by atoms with Crippen LogP contribution in [0.1, 0.15) is 17.3 Å². The van der Waals surface area contributed by atoms with Gasteiger partial charge in [-0.1, -0.05) is 0 Å². The minimum absolute atomic E-state index is 0.0184. The van der Waals surface area contributed by atoms with Crippen LogP contribution in [0, 0.1) is 0 Å². The normalized spacial score (nSPS) is 12.2. The summed E-state index contributed by atoms with van der Waals surface area (Å²) in [6.45, 7) is 1.75. The highest BCUT2D eigenvalue weighted by molar-refractivity contribution is 5.74. The molecule has 0 saturated carbocycles. The fraction of sp³-hybridized carbons (Fsp3) is 0.300. The Kier molecular flexibility index (Phi) is 3.46. The molecular weight excluding hydrogens is 168 g/mol. The molecule has 3 heteroatoms. The number of rotatable bonds is 4. The van der Waals surface area contributed by atoms with Crippen molar-refractivity contribution < 1.29 is 14.6 Å². The quantitative estimate of drug-likeness (QED) is 0.709. The van der Waals surface area contributed by atoms with Crippen molar-refractivity contribution in [3.8, 4) is 5.75 Å². The number of ether oxygens (including phenoxy) is 1. The van der Waals surface area contributed by atoms with E-state index in [9.17, 15) is 4.79 Å². The molecule has 1 atom stereocenters. The first-order valence-electron chi connectivity index (χ1n) is 4.09. The number of carbonyl (C=O) groups excluding carboxylic acids is 1. The maximum Gasteiger partial charge on any atom is 0.150 e. The van der Waals surface area contributed by atoms with E-state index in [1.165, 1.54) is 0 Å². The first kappa shape index (κ1) is 9.74. The molecule has 0 aliphatic carbocycles. The summed E-state index contributed by atoms with van der Waals surface area (Å²) in [5.41, 5.74) is 0.615. The third-order valence-corrected chi connectivity index (χ3v) is 1.61. The van der Waals surface area contributed by atoms with Gasteiger partial charge in [-0.05, 0) is 31.2 Å². The summed E-state index contributed by atoms with van der Waals surface area (Å²) in [5, 5.41) is 8.72. The zero-order valence-corrected chi connectivity index (χ0v) is 7.43. The highest BCUT2D eigenvalue weighted by Crippen LogP contribution is 2.12. The Morgan fingerprint density at radius 3 is 2.54 bits per heavy atom. The number of aliphatic hydroxyl groups excluding tert-OH is 1. The van der Waals surface area contributed by atoms with Gasteiger partial charge in [0.15, 0.2) is 0 Å². The van der Waals surface area contributed by atoms with E-state index in [0.29, 0.717) is 11.3 Å².